The van der Waals surface area contributed by atoms with Gasteiger partial charge >= 0.3 is 0 Å². The first-order valence-corrected chi connectivity index (χ1v) is 10.4. The quantitative estimate of drug-likeness (QED) is 0.637. The number of imide groups is 1. The highest BCUT2D eigenvalue weighted by molar-refractivity contribution is 7.11. The second-order valence-electron chi connectivity index (χ2n) is 6.89. The minimum absolute atomic E-state index is 0.222. The van der Waals surface area contributed by atoms with E-state index >= 15 is 0 Å². The van der Waals surface area contributed by atoms with Gasteiger partial charge in [0, 0.05) is 16.6 Å². The molecular formula is C23H18N2O4S. The number of carbonyl (C=O) groups is 2. The van der Waals surface area contributed by atoms with Crippen molar-refractivity contribution in [1.29, 1.82) is 0 Å². The van der Waals surface area contributed by atoms with E-state index in [4.69, 9.17) is 9.47 Å². The van der Waals surface area contributed by atoms with Crippen LogP contribution in [0.25, 0.3) is 5.57 Å². The number of hydrogen-bond acceptors (Lipinski definition) is 6. The van der Waals surface area contributed by atoms with Crippen LogP contribution in [0.5, 0.6) is 11.5 Å². The summed E-state index contributed by atoms with van der Waals surface area (Å²) in [5.41, 5.74) is 2.22. The standard InChI is InChI=1S/C23H18N2O4S/c26-22-20(19-7-4-12-30-19)21(23(27)25(22)14-15-5-2-1-3-6-15)24-16-8-9-17-18(13-16)29-11-10-28-17/h1-9,12-13,24H,10-11,14H2. The Bertz CT molecular complexity index is 1140. The highest BCUT2D eigenvalue weighted by Crippen LogP contribution is 2.36. The molecule has 2 amide bonds. The Morgan fingerprint density at radius 3 is 2.47 bits per heavy atom. The van der Waals surface area contributed by atoms with Gasteiger partial charge in [-0.1, -0.05) is 36.4 Å². The number of carbonyl (C=O) groups excluding carboxylic acids is 2. The molecular weight excluding hydrogens is 400 g/mol. The van der Waals surface area contributed by atoms with Crippen LogP contribution in [0.2, 0.25) is 0 Å². The summed E-state index contributed by atoms with van der Waals surface area (Å²) in [4.78, 5) is 28.5. The summed E-state index contributed by atoms with van der Waals surface area (Å²) in [6.07, 6.45) is 0. The summed E-state index contributed by atoms with van der Waals surface area (Å²) in [6.45, 7) is 1.20. The lowest BCUT2D eigenvalue weighted by Crippen LogP contribution is -2.31. The molecule has 0 fully saturated rings. The van der Waals surface area contributed by atoms with Crippen LogP contribution in [0.4, 0.5) is 5.69 Å². The van der Waals surface area contributed by atoms with E-state index in [0.29, 0.717) is 36.0 Å². The molecule has 0 saturated heterocycles. The van der Waals surface area contributed by atoms with Gasteiger partial charge in [0.15, 0.2) is 11.5 Å². The summed E-state index contributed by atoms with van der Waals surface area (Å²) in [7, 11) is 0. The first kappa shape index (κ1) is 18.4. The maximum Gasteiger partial charge on any atom is 0.278 e. The van der Waals surface area contributed by atoms with Crippen LogP contribution >= 0.6 is 11.3 Å². The fraction of sp³-hybridized carbons (Fsp3) is 0.130. The van der Waals surface area contributed by atoms with Crippen LogP contribution < -0.4 is 14.8 Å². The number of benzene rings is 2. The number of thiophene rings is 1. The number of nitrogens with zero attached hydrogens (tertiary/aromatic N) is 1. The van der Waals surface area contributed by atoms with E-state index < -0.39 is 0 Å². The summed E-state index contributed by atoms with van der Waals surface area (Å²) < 4.78 is 11.2. The topological polar surface area (TPSA) is 67.9 Å². The van der Waals surface area contributed by atoms with E-state index in [9.17, 15) is 9.59 Å². The van der Waals surface area contributed by atoms with Gasteiger partial charge in [-0.2, -0.15) is 0 Å². The zero-order valence-corrected chi connectivity index (χ0v) is 16.8. The molecule has 3 aromatic rings. The van der Waals surface area contributed by atoms with E-state index in [1.54, 1.807) is 12.1 Å². The van der Waals surface area contributed by atoms with Gasteiger partial charge in [0.1, 0.15) is 18.9 Å². The predicted molar refractivity (Wildman–Crippen MR) is 114 cm³/mol. The molecule has 0 atom stereocenters. The largest absolute Gasteiger partial charge is 0.486 e. The molecule has 0 unspecified atom stereocenters. The Morgan fingerprint density at radius 1 is 0.900 bits per heavy atom. The lowest BCUT2D eigenvalue weighted by molar-refractivity contribution is -0.137. The van der Waals surface area contributed by atoms with Crippen LogP contribution in [-0.2, 0) is 16.1 Å². The molecule has 1 aromatic heterocycles. The highest BCUT2D eigenvalue weighted by atomic mass is 32.1. The number of rotatable bonds is 5. The molecule has 2 aliphatic rings. The molecule has 0 bridgehead atoms. The van der Waals surface area contributed by atoms with E-state index in [1.807, 2.05) is 53.9 Å². The molecule has 2 aromatic carbocycles. The minimum atomic E-state index is -0.345. The lowest BCUT2D eigenvalue weighted by atomic mass is 10.1. The van der Waals surface area contributed by atoms with Gasteiger partial charge in [-0.25, -0.2) is 0 Å². The third-order valence-corrected chi connectivity index (χ3v) is 5.82. The van der Waals surface area contributed by atoms with Crippen LogP contribution in [0.1, 0.15) is 10.4 Å². The fourth-order valence-electron chi connectivity index (χ4n) is 3.52. The molecule has 0 radical (unpaired) electrons. The van der Waals surface area contributed by atoms with Gasteiger partial charge in [0.05, 0.1) is 12.1 Å². The summed E-state index contributed by atoms with van der Waals surface area (Å²) in [5, 5.41) is 5.05. The zero-order valence-electron chi connectivity index (χ0n) is 16.0. The van der Waals surface area contributed by atoms with Crippen molar-refractivity contribution in [2.45, 2.75) is 6.54 Å². The molecule has 30 heavy (non-hydrogen) atoms. The maximum atomic E-state index is 13.3. The Labute approximate surface area is 177 Å². The van der Waals surface area contributed by atoms with Crippen molar-refractivity contribution < 1.29 is 19.1 Å². The molecule has 6 nitrogen and oxygen atoms in total. The normalized spacial score (nSPS) is 15.7. The summed E-state index contributed by atoms with van der Waals surface area (Å²) in [6, 6.07) is 18.6. The van der Waals surface area contributed by atoms with Crippen LogP contribution in [-0.4, -0.2) is 29.9 Å². The number of hydrogen-bond donors (Lipinski definition) is 1. The second-order valence-corrected chi connectivity index (χ2v) is 7.84. The average Bonchev–Trinajstić information content (AvgIpc) is 3.38. The molecule has 2 aliphatic heterocycles. The summed E-state index contributed by atoms with van der Waals surface area (Å²) >= 11 is 1.43. The SMILES string of the molecule is O=C1C(Nc2ccc3c(c2)OCCO3)=C(c2cccs2)C(=O)N1Cc1ccccc1. The molecule has 3 heterocycles. The third-order valence-electron chi connectivity index (χ3n) is 4.93. The first-order chi connectivity index (χ1) is 14.7. The predicted octanol–water partition coefficient (Wildman–Crippen LogP) is 3.91. The molecule has 0 aliphatic carbocycles. The van der Waals surface area contributed by atoms with E-state index in [2.05, 4.69) is 5.32 Å². The van der Waals surface area contributed by atoms with Crippen molar-refractivity contribution in [3.63, 3.8) is 0 Å². The Balaban J connectivity index is 1.50. The van der Waals surface area contributed by atoms with E-state index in [0.717, 1.165) is 10.4 Å². The van der Waals surface area contributed by atoms with Crippen molar-refractivity contribution in [2.75, 3.05) is 18.5 Å². The van der Waals surface area contributed by atoms with Gasteiger partial charge in [0.2, 0.25) is 0 Å². The van der Waals surface area contributed by atoms with Crippen molar-refractivity contribution in [2.24, 2.45) is 0 Å². The molecule has 7 heteroatoms. The van der Waals surface area contributed by atoms with Crippen molar-refractivity contribution >= 4 is 34.4 Å². The van der Waals surface area contributed by atoms with Gasteiger partial charge in [-0.15, -0.1) is 11.3 Å². The Kier molecular flexibility index (Phi) is 4.72. The van der Waals surface area contributed by atoms with Gasteiger partial charge < -0.3 is 14.8 Å². The summed E-state index contributed by atoms with van der Waals surface area (Å²) in [5.74, 6) is 0.634. The smallest absolute Gasteiger partial charge is 0.278 e. The van der Waals surface area contributed by atoms with Crippen molar-refractivity contribution in [3.8, 4) is 11.5 Å². The molecule has 150 valence electrons. The molecule has 0 spiro atoms. The third kappa shape index (κ3) is 3.33. The number of anilines is 1. The number of fused-ring (bicyclic) bond motifs is 1. The monoisotopic (exact) mass is 418 g/mol. The lowest BCUT2D eigenvalue weighted by Gasteiger charge is -2.19. The van der Waals surface area contributed by atoms with Crippen LogP contribution in [0, 0.1) is 0 Å². The van der Waals surface area contributed by atoms with Crippen LogP contribution in [0.15, 0.2) is 71.7 Å². The number of amides is 2. The second kappa shape index (κ2) is 7.68. The van der Waals surface area contributed by atoms with Gasteiger partial charge in [-0.3, -0.25) is 14.5 Å². The minimum Gasteiger partial charge on any atom is -0.486 e. The number of ether oxygens (including phenoxy) is 2. The zero-order chi connectivity index (χ0) is 20.5. The molecule has 5 rings (SSSR count). The van der Waals surface area contributed by atoms with Gasteiger partial charge in [-0.05, 0) is 29.1 Å². The highest BCUT2D eigenvalue weighted by Gasteiger charge is 2.39. The van der Waals surface area contributed by atoms with Gasteiger partial charge in [0.25, 0.3) is 11.8 Å². The average molecular weight is 418 g/mol. The van der Waals surface area contributed by atoms with Crippen molar-refractivity contribution in [1.82, 2.24) is 4.90 Å². The molecule has 1 N–H and O–H groups in total. The van der Waals surface area contributed by atoms with Crippen molar-refractivity contribution in [3.05, 3.63) is 82.2 Å². The first-order valence-electron chi connectivity index (χ1n) is 9.55. The maximum absolute atomic E-state index is 13.3. The Hall–Kier alpha value is -3.58. The van der Waals surface area contributed by atoms with Crippen LogP contribution in [0.3, 0.4) is 0 Å². The van der Waals surface area contributed by atoms with E-state index in [1.165, 1.54) is 16.2 Å². The number of nitrogens with one attached hydrogen (secondary N) is 1. The Morgan fingerprint density at radius 2 is 1.70 bits per heavy atom. The molecule has 0 saturated carbocycles. The fourth-order valence-corrected chi connectivity index (χ4v) is 4.28. The van der Waals surface area contributed by atoms with E-state index in [-0.39, 0.29) is 24.1 Å².